The summed E-state index contributed by atoms with van der Waals surface area (Å²) < 4.78 is 0. The van der Waals surface area contributed by atoms with Gasteiger partial charge in [0.25, 0.3) is 0 Å². The minimum Gasteiger partial charge on any atom is -0.345 e. The number of benzene rings is 1. The molecule has 4 heteroatoms. The van der Waals surface area contributed by atoms with Gasteiger partial charge in [-0.25, -0.2) is 4.98 Å². The van der Waals surface area contributed by atoms with Gasteiger partial charge in [-0.1, -0.05) is 31.4 Å². The minimum absolute atomic E-state index is 0.159. The Bertz CT molecular complexity index is 571. The maximum absolute atomic E-state index is 12.2. The van der Waals surface area contributed by atoms with Gasteiger partial charge in [0, 0.05) is 17.2 Å². The van der Waals surface area contributed by atoms with E-state index in [2.05, 4.69) is 15.3 Å². The molecule has 3 rings (SSSR count). The Balaban J connectivity index is 1.71. The van der Waals surface area contributed by atoms with E-state index in [9.17, 15) is 4.79 Å². The van der Waals surface area contributed by atoms with Crippen LogP contribution in [0.15, 0.2) is 36.8 Å². The van der Waals surface area contributed by atoms with E-state index in [0.29, 0.717) is 0 Å². The van der Waals surface area contributed by atoms with Crippen molar-refractivity contribution in [2.45, 2.75) is 32.1 Å². The summed E-state index contributed by atoms with van der Waals surface area (Å²) in [5, 5.41) is 3.04. The van der Waals surface area contributed by atoms with Gasteiger partial charge in [-0.3, -0.25) is 4.79 Å². The molecule has 1 heterocycles. The fourth-order valence-electron chi connectivity index (χ4n) is 2.79. The van der Waals surface area contributed by atoms with Crippen LogP contribution >= 0.6 is 0 Å². The number of hydrogen-bond acceptors (Lipinski definition) is 2. The summed E-state index contributed by atoms with van der Waals surface area (Å²) in [6.45, 7) is 0. The standard InChI is InChI=1S/C16H19N3O/c20-16(12-5-2-1-3-6-12)19-14-8-4-7-13(9-14)15-10-17-11-18-15/h4,7-12H,1-3,5-6H2,(H,17,18)(H,19,20). The second-order valence-electron chi connectivity index (χ2n) is 5.37. The van der Waals surface area contributed by atoms with Crippen LogP contribution in [0, 0.1) is 5.92 Å². The highest BCUT2D eigenvalue weighted by molar-refractivity contribution is 5.93. The van der Waals surface area contributed by atoms with E-state index in [1.807, 2.05) is 24.3 Å². The summed E-state index contributed by atoms with van der Waals surface area (Å²) in [5.74, 6) is 0.339. The lowest BCUT2D eigenvalue weighted by Gasteiger charge is -2.20. The molecule has 1 aliphatic rings. The van der Waals surface area contributed by atoms with Gasteiger partial charge in [0.1, 0.15) is 0 Å². The van der Waals surface area contributed by atoms with Gasteiger partial charge in [-0.2, -0.15) is 0 Å². The number of aromatic nitrogens is 2. The molecular formula is C16H19N3O. The first-order valence-corrected chi connectivity index (χ1v) is 7.22. The summed E-state index contributed by atoms with van der Waals surface area (Å²) in [7, 11) is 0. The molecule has 1 fully saturated rings. The van der Waals surface area contributed by atoms with E-state index in [0.717, 1.165) is 29.8 Å². The Labute approximate surface area is 118 Å². The summed E-state index contributed by atoms with van der Waals surface area (Å²) in [5.41, 5.74) is 2.84. The lowest BCUT2D eigenvalue weighted by atomic mass is 9.88. The van der Waals surface area contributed by atoms with Crippen LogP contribution < -0.4 is 5.32 Å². The normalized spacial score (nSPS) is 16.0. The first kappa shape index (κ1) is 12.9. The Morgan fingerprint density at radius 3 is 2.85 bits per heavy atom. The van der Waals surface area contributed by atoms with Crippen LogP contribution in [-0.2, 0) is 4.79 Å². The van der Waals surface area contributed by atoms with Crippen LogP contribution in [0.2, 0.25) is 0 Å². The zero-order chi connectivity index (χ0) is 13.8. The summed E-state index contributed by atoms with van der Waals surface area (Å²) in [6, 6.07) is 7.87. The molecule has 0 bridgehead atoms. The summed E-state index contributed by atoms with van der Waals surface area (Å²) >= 11 is 0. The molecule has 2 aromatic rings. The van der Waals surface area contributed by atoms with Crippen molar-refractivity contribution in [2.75, 3.05) is 5.32 Å². The van der Waals surface area contributed by atoms with Crippen molar-refractivity contribution < 1.29 is 4.79 Å². The van der Waals surface area contributed by atoms with Gasteiger partial charge in [0.05, 0.1) is 18.2 Å². The highest BCUT2D eigenvalue weighted by atomic mass is 16.1. The van der Waals surface area contributed by atoms with E-state index < -0.39 is 0 Å². The smallest absolute Gasteiger partial charge is 0.227 e. The second-order valence-corrected chi connectivity index (χ2v) is 5.37. The number of carbonyl (C=O) groups excluding carboxylic acids is 1. The van der Waals surface area contributed by atoms with E-state index in [1.54, 1.807) is 12.5 Å². The van der Waals surface area contributed by atoms with Crippen LogP contribution in [0.25, 0.3) is 11.3 Å². The molecule has 20 heavy (non-hydrogen) atoms. The SMILES string of the molecule is O=C(Nc1cccc(-c2cnc[nH]2)c1)C1CCCCC1. The molecule has 1 saturated carbocycles. The van der Waals surface area contributed by atoms with Crippen LogP contribution in [0.1, 0.15) is 32.1 Å². The first-order valence-electron chi connectivity index (χ1n) is 7.22. The van der Waals surface area contributed by atoms with Crippen LogP contribution in [0.3, 0.4) is 0 Å². The molecule has 0 atom stereocenters. The third-order valence-corrected chi connectivity index (χ3v) is 3.92. The molecule has 1 amide bonds. The Hall–Kier alpha value is -2.10. The fourth-order valence-corrected chi connectivity index (χ4v) is 2.79. The van der Waals surface area contributed by atoms with Gasteiger partial charge in [0.15, 0.2) is 0 Å². The molecule has 0 aliphatic heterocycles. The number of amides is 1. The minimum atomic E-state index is 0.159. The lowest BCUT2D eigenvalue weighted by Crippen LogP contribution is -2.24. The van der Waals surface area contributed by atoms with Crippen molar-refractivity contribution in [3.63, 3.8) is 0 Å². The first-order chi connectivity index (χ1) is 9.83. The van der Waals surface area contributed by atoms with E-state index in [4.69, 9.17) is 0 Å². The number of carbonyl (C=O) groups is 1. The molecule has 2 N–H and O–H groups in total. The van der Waals surface area contributed by atoms with Crippen molar-refractivity contribution >= 4 is 11.6 Å². The van der Waals surface area contributed by atoms with E-state index >= 15 is 0 Å². The third kappa shape index (κ3) is 2.90. The average Bonchev–Trinajstić information content (AvgIpc) is 3.03. The number of hydrogen-bond donors (Lipinski definition) is 2. The molecule has 0 radical (unpaired) electrons. The Kier molecular flexibility index (Phi) is 3.81. The number of imidazole rings is 1. The van der Waals surface area contributed by atoms with Gasteiger partial charge in [0.2, 0.25) is 5.91 Å². The topological polar surface area (TPSA) is 57.8 Å². The maximum atomic E-state index is 12.2. The predicted octanol–water partition coefficient (Wildman–Crippen LogP) is 3.60. The van der Waals surface area contributed by atoms with Gasteiger partial charge in [-0.15, -0.1) is 0 Å². The number of nitrogens with zero attached hydrogens (tertiary/aromatic N) is 1. The van der Waals surface area contributed by atoms with Gasteiger partial charge >= 0.3 is 0 Å². The largest absolute Gasteiger partial charge is 0.345 e. The Morgan fingerprint density at radius 2 is 2.10 bits per heavy atom. The molecular weight excluding hydrogens is 250 g/mol. The third-order valence-electron chi connectivity index (χ3n) is 3.92. The number of nitrogens with one attached hydrogen (secondary N) is 2. The monoisotopic (exact) mass is 269 g/mol. The van der Waals surface area contributed by atoms with Crippen molar-refractivity contribution in [2.24, 2.45) is 5.92 Å². The van der Waals surface area contributed by atoms with Crippen LogP contribution in [-0.4, -0.2) is 15.9 Å². The highest BCUT2D eigenvalue weighted by Crippen LogP contribution is 2.26. The number of rotatable bonds is 3. The van der Waals surface area contributed by atoms with Crippen molar-refractivity contribution in [1.82, 2.24) is 9.97 Å². The second kappa shape index (κ2) is 5.90. The maximum Gasteiger partial charge on any atom is 0.227 e. The quantitative estimate of drug-likeness (QED) is 0.894. The fraction of sp³-hybridized carbons (Fsp3) is 0.375. The van der Waals surface area contributed by atoms with E-state index in [-0.39, 0.29) is 11.8 Å². The van der Waals surface area contributed by atoms with Crippen molar-refractivity contribution in [3.05, 3.63) is 36.8 Å². The molecule has 104 valence electrons. The molecule has 1 aliphatic carbocycles. The molecule has 4 nitrogen and oxygen atoms in total. The molecule has 0 unspecified atom stereocenters. The van der Waals surface area contributed by atoms with Crippen LogP contribution in [0.4, 0.5) is 5.69 Å². The zero-order valence-electron chi connectivity index (χ0n) is 11.4. The molecule has 1 aromatic heterocycles. The lowest BCUT2D eigenvalue weighted by molar-refractivity contribution is -0.120. The van der Waals surface area contributed by atoms with Gasteiger partial charge in [-0.05, 0) is 25.0 Å². The van der Waals surface area contributed by atoms with Crippen molar-refractivity contribution in [1.29, 1.82) is 0 Å². The Morgan fingerprint density at radius 1 is 1.25 bits per heavy atom. The highest BCUT2D eigenvalue weighted by Gasteiger charge is 2.21. The zero-order valence-corrected chi connectivity index (χ0v) is 11.4. The summed E-state index contributed by atoms with van der Waals surface area (Å²) in [6.07, 6.45) is 9.08. The number of H-pyrrole nitrogens is 1. The van der Waals surface area contributed by atoms with Crippen molar-refractivity contribution in [3.8, 4) is 11.3 Å². The van der Waals surface area contributed by atoms with E-state index in [1.165, 1.54) is 19.3 Å². The predicted molar refractivity (Wildman–Crippen MR) is 79.2 cm³/mol. The number of anilines is 1. The molecule has 1 aromatic carbocycles. The van der Waals surface area contributed by atoms with Crippen LogP contribution in [0.5, 0.6) is 0 Å². The molecule has 0 spiro atoms. The summed E-state index contributed by atoms with van der Waals surface area (Å²) in [4.78, 5) is 19.3. The molecule has 0 saturated heterocycles. The average molecular weight is 269 g/mol. The van der Waals surface area contributed by atoms with Gasteiger partial charge < -0.3 is 10.3 Å². The number of aromatic amines is 1.